The van der Waals surface area contributed by atoms with Crippen molar-refractivity contribution in [3.63, 3.8) is 0 Å². The van der Waals surface area contributed by atoms with Gasteiger partial charge in [0, 0.05) is 12.7 Å². The van der Waals surface area contributed by atoms with Gasteiger partial charge in [-0.1, -0.05) is 18.2 Å². The molecule has 0 aliphatic carbocycles. The Hall–Kier alpha value is -1.40. The second-order valence-electron chi connectivity index (χ2n) is 4.70. The van der Waals surface area contributed by atoms with Crippen molar-refractivity contribution in [3.8, 4) is 5.75 Å². The molecule has 0 bridgehead atoms. The minimum absolute atomic E-state index is 0.109. The Balaban J connectivity index is 1.69. The molecule has 1 fully saturated rings. The highest BCUT2D eigenvalue weighted by Crippen LogP contribution is 2.31. The molecular weight excluding hydrogens is 260 g/mol. The summed E-state index contributed by atoms with van der Waals surface area (Å²) >= 11 is 0. The van der Waals surface area contributed by atoms with Crippen molar-refractivity contribution in [2.75, 3.05) is 20.8 Å². The molecule has 1 aromatic rings. The van der Waals surface area contributed by atoms with Crippen LogP contribution in [-0.2, 0) is 18.9 Å². The number of benzene rings is 1. The van der Waals surface area contributed by atoms with Crippen molar-refractivity contribution in [1.29, 1.82) is 0 Å². The molecule has 0 spiro atoms. The summed E-state index contributed by atoms with van der Waals surface area (Å²) in [6.45, 7) is 0.478. The Labute approximate surface area is 118 Å². The first-order valence-corrected chi connectivity index (χ1v) is 6.58. The molecule has 1 aromatic carbocycles. The maximum Gasteiger partial charge on any atom is 0.184 e. The van der Waals surface area contributed by atoms with Crippen LogP contribution < -0.4 is 4.74 Å². The number of ether oxygens (including phenoxy) is 5. The fraction of sp³-hybridized carbons (Fsp3) is 0.467. The zero-order valence-electron chi connectivity index (χ0n) is 11.5. The Kier molecular flexibility index (Phi) is 4.03. The number of fused-ring (bicyclic) bond motifs is 1. The Morgan fingerprint density at radius 1 is 1.05 bits per heavy atom. The number of hydrogen-bond acceptors (Lipinski definition) is 5. The van der Waals surface area contributed by atoms with Crippen molar-refractivity contribution in [3.05, 3.63) is 42.0 Å². The second kappa shape index (κ2) is 5.93. The van der Waals surface area contributed by atoms with Crippen molar-refractivity contribution in [2.45, 2.75) is 24.8 Å². The quantitative estimate of drug-likeness (QED) is 0.792. The van der Waals surface area contributed by atoms with Crippen LogP contribution in [0.25, 0.3) is 0 Å². The summed E-state index contributed by atoms with van der Waals surface area (Å²) in [6, 6.07) is 7.66. The third kappa shape index (κ3) is 2.71. The van der Waals surface area contributed by atoms with E-state index in [1.54, 1.807) is 14.2 Å². The van der Waals surface area contributed by atoms with E-state index in [0.29, 0.717) is 6.61 Å². The van der Waals surface area contributed by atoms with Crippen LogP contribution in [0, 0.1) is 0 Å². The van der Waals surface area contributed by atoms with Gasteiger partial charge in [-0.05, 0) is 18.2 Å². The normalized spacial score (nSPS) is 32.7. The molecule has 0 N–H and O–H groups in total. The molecule has 2 aliphatic heterocycles. The molecule has 20 heavy (non-hydrogen) atoms. The van der Waals surface area contributed by atoms with Gasteiger partial charge in [0.2, 0.25) is 0 Å². The van der Waals surface area contributed by atoms with Crippen LogP contribution in [0.1, 0.15) is 11.9 Å². The first kappa shape index (κ1) is 13.6. The fourth-order valence-electron chi connectivity index (χ4n) is 2.32. The molecule has 0 amide bonds. The predicted octanol–water partition coefficient (Wildman–Crippen LogP) is 2.04. The molecule has 5 heteroatoms. The van der Waals surface area contributed by atoms with Crippen LogP contribution in [0.4, 0.5) is 0 Å². The monoisotopic (exact) mass is 278 g/mol. The summed E-state index contributed by atoms with van der Waals surface area (Å²) in [5, 5.41) is 0. The summed E-state index contributed by atoms with van der Waals surface area (Å²) in [5.41, 5.74) is 0.964. The highest BCUT2D eigenvalue weighted by Gasteiger charge is 2.35. The minimum atomic E-state index is -0.380. The van der Waals surface area contributed by atoms with Crippen molar-refractivity contribution in [1.82, 2.24) is 0 Å². The second-order valence-corrected chi connectivity index (χ2v) is 4.70. The van der Waals surface area contributed by atoms with Gasteiger partial charge in [0.1, 0.15) is 18.0 Å². The summed E-state index contributed by atoms with van der Waals surface area (Å²) in [7, 11) is 3.25. The molecule has 108 valence electrons. The summed E-state index contributed by atoms with van der Waals surface area (Å²) in [5.74, 6) is 0.811. The molecule has 4 unspecified atom stereocenters. The van der Waals surface area contributed by atoms with E-state index in [-0.39, 0.29) is 24.8 Å². The Morgan fingerprint density at radius 3 is 2.55 bits per heavy atom. The van der Waals surface area contributed by atoms with E-state index in [4.69, 9.17) is 23.7 Å². The third-order valence-corrected chi connectivity index (χ3v) is 3.45. The van der Waals surface area contributed by atoms with Gasteiger partial charge >= 0.3 is 0 Å². The van der Waals surface area contributed by atoms with Gasteiger partial charge in [-0.3, -0.25) is 0 Å². The maximum atomic E-state index is 5.91. The van der Waals surface area contributed by atoms with Crippen LogP contribution in [0.3, 0.4) is 0 Å². The van der Waals surface area contributed by atoms with Gasteiger partial charge in [0.25, 0.3) is 0 Å². The number of methoxy groups -OCH3 is 2. The topological polar surface area (TPSA) is 46.2 Å². The molecule has 2 heterocycles. The lowest BCUT2D eigenvalue weighted by Gasteiger charge is -2.38. The largest absolute Gasteiger partial charge is 0.497 e. The van der Waals surface area contributed by atoms with Gasteiger partial charge in [-0.25, -0.2) is 0 Å². The maximum absolute atomic E-state index is 5.91. The summed E-state index contributed by atoms with van der Waals surface area (Å²) in [4.78, 5) is 0. The molecule has 2 aliphatic rings. The van der Waals surface area contributed by atoms with Gasteiger partial charge < -0.3 is 23.7 Å². The molecule has 0 saturated carbocycles. The van der Waals surface area contributed by atoms with E-state index in [2.05, 4.69) is 0 Å². The number of hydrogen-bond donors (Lipinski definition) is 0. The lowest BCUT2D eigenvalue weighted by molar-refractivity contribution is -0.280. The molecule has 0 aromatic heterocycles. The van der Waals surface area contributed by atoms with Crippen LogP contribution in [0.15, 0.2) is 36.4 Å². The number of rotatable bonds is 3. The average molecular weight is 278 g/mol. The third-order valence-electron chi connectivity index (χ3n) is 3.45. The van der Waals surface area contributed by atoms with E-state index in [1.165, 1.54) is 0 Å². The fourth-order valence-corrected chi connectivity index (χ4v) is 2.32. The highest BCUT2D eigenvalue weighted by atomic mass is 16.7. The van der Waals surface area contributed by atoms with E-state index in [0.717, 1.165) is 11.3 Å². The predicted molar refractivity (Wildman–Crippen MR) is 71.4 cm³/mol. The van der Waals surface area contributed by atoms with Gasteiger partial charge in [-0.15, -0.1) is 0 Å². The smallest absolute Gasteiger partial charge is 0.184 e. The van der Waals surface area contributed by atoms with E-state index in [9.17, 15) is 0 Å². The van der Waals surface area contributed by atoms with Crippen LogP contribution in [-0.4, -0.2) is 39.3 Å². The van der Waals surface area contributed by atoms with Crippen LogP contribution >= 0.6 is 0 Å². The van der Waals surface area contributed by atoms with E-state index in [1.807, 2.05) is 36.4 Å². The molecule has 3 rings (SSSR count). The van der Waals surface area contributed by atoms with Gasteiger partial charge in [0.05, 0.1) is 13.7 Å². The van der Waals surface area contributed by atoms with Gasteiger partial charge in [-0.2, -0.15) is 0 Å². The SMILES string of the molecule is COc1ccc(C2OCC3OC(OC)C=CC3O2)cc1. The van der Waals surface area contributed by atoms with Gasteiger partial charge in [0.15, 0.2) is 12.6 Å². The molecule has 0 radical (unpaired) electrons. The first-order valence-electron chi connectivity index (χ1n) is 6.58. The lowest BCUT2D eigenvalue weighted by Crippen LogP contribution is -2.45. The minimum Gasteiger partial charge on any atom is -0.497 e. The van der Waals surface area contributed by atoms with Crippen molar-refractivity contribution < 1.29 is 23.7 Å². The van der Waals surface area contributed by atoms with E-state index >= 15 is 0 Å². The molecule has 4 atom stereocenters. The Bertz CT molecular complexity index is 470. The zero-order valence-corrected chi connectivity index (χ0v) is 11.5. The van der Waals surface area contributed by atoms with Crippen LogP contribution in [0.5, 0.6) is 5.75 Å². The Morgan fingerprint density at radius 2 is 1.85 bits per heavy atom. The molecule has 1 saturated heterocycles. The lowest BCUT2D eigenvalue weighted by atomic mass is 10.1. The molecule has 5 nitrogen and oxygen atoms in total. The highest BCUT2D eigenvalue weighted by molar-refractivity contribution is 5.28. The van der Waals surface area contributed by atoms with Crippen LogP contribution in [0.2, 0.25) is 0 Å². The van der Waals surface area contributed by atoms with Crippen molar-refractivity contribution in [2.24, 2.45) is 0 Å². The van der Waals surface area contributed by atoms with Crippen molar-refractivity contribution >= 4 is 0 Å². The summed E-state index contributed by atoms with van der Waals surface area (Å²) in [6.07, 6.45) is 2.90. The van der Waals surface area contributed by atoms with E-state index < -0.39 is 0 Å². The molecular formula is C15H18O5. The standard InChI is InChI=1S/C15H18O5/c1-16-11-5-3-10(4-6-11)15-18-9-13-12(20-15)7-8-14(17-2)19-13/h3-8,12-15H,9H2,1-2H3. The average Bonchev–Trinajstić information content (AvgIpc) is 2.54. The zero-order chi connectivity index (χ0) is 13.9. The first-order chi connectivity index (χ1) is 9.80. The summed E-state index contributed by atoms with van der Waals surface area (Å²) < 4.78 is 27.6.